The molecule has 1 heterocycles. The first-order chi connectivity index (χ1) is 7.15. The lowest BCUT2D eigenvalue weighted by atomic mass is 10.0. The van der Waals surface area contributed by atoms with Gasteiger partial charge in [-0.1, -0.05) is 17.2 Å². The van der Waals surface area contributed by atoms with Crippen LogP contribution < -0.4 is 5.32 Å². The molecule has 0 saturated carbocycles. The Morgan fingerprint density at radius 3 is 2.93 bits per heavy atom. The molecule has 1 aromatic rings. The van der Waals surface area contributed by atoms with Gasteiger partial charge in [-0.15, -0.1) is 6.58 Å². The summed E-state index contributed by atoms with van der Waals surface area (Å²) in [6, 6.07) is 2.24. The molecule has 0 aliphatic carbocycles. The number of hydrogen-bond acceptors (Lipinski definition) is 2. The molecule has 82 valence electrons. The fourth-order valence-corrected chi connectivity index (χ4v) is 1.77. The van der Waals surface area contributed by atoms with E-state index >= 15 is 0 Å². The van der Waals surface area contributed by atoms with E-state index in [0.29, 0.717) is 0 Å². The molecule has 0 aliphatic heterocycles. The van der Waals surface area contributed by atoms with Gasteiger partial charge in [-0.3, -0.25) is 4.98 Å². The third kappa shape index (κ3) is 3.65. The largest absolute Gasteiger partial charge is 0.313 e. The van der Waals surface area contributed by atoms with Gasteiger partial charge in [-0.05, 0) is 38.4 Å². The van der Waals surface area contributed by atoms with Gasteiger partial charge in [0.1, 0.15) is 0 Å². The molecule has 1 aromatic heterocycles. The molecular weight excluding hydrogens is 208 g/mol. The third-order valence-electron chi connectivity index (χ3n) is 2.39. The quantitative estimate of drug-likeness (QED) is 0.776. The monoisotopic (exact) mass is 224 g/mol. The van der Waals surface area contributed by atoms with Crippen LogP contribution in [0.4, 0.5) is 0 Å². The maximum absolute atomic E-state index is 6.09. The predicted octanol–water partition coefficient (Wildman–Crippen LogP) is 3.35. The van der Waals surface area contributed by atoms with E-state index in [1.807, 2.05) is 20.0 Å². The Morgan fingerprint density at radius 1 is 1.67 bits per heavy atom. The van der Waals surface area contributed by atoms with Crippen molar-refractivity contribution >= 4 is 11.6 Å². The van der Waals surface area contributed by atoms with Crippen molar-refractivity contribution < 1.29 is 0 Å². The van der Waals surface area contributed by atoms with E-state index in [2.05, 4.69) is 16.9 Å². The SMILES string of the molecule is C=C(C)CCC(NC)c1ccncc1Cl. The van der Waals surface area contributed by atoms with Crippen LogP contribution in [-0.2, 0) is 0 Å². The molecule has 0 amide bonds. The van der Waals surface area contributed by atoms with Crippen LogP contribution in [0.3, 0.4) is 0 Å². The first kappa shape index (κ1) is 12.2. The van der Waals surface area contributed by atoms with E-state index in [0.717, 1.165) is 23.4 Å². The number of nitrogens with zero attached hydrogens (tertiary/aromatic N) is 1. The predicted molar refractivity (Wildman–Crippen MR) is 65.1 cm³/mol. The highest BCUT2D eigenvalue weighted by molar-refractivity contribution is 6.31. The summed E-state index contributed by atoms with van der Waals surface area (Å²) in [4.78, 5) is 3.98. The Balaban J connectivity index is 2.74. The van der Waals surface area contributed by atoms with E-state index in [1.54, 1.807) is 12.4 Å². The summed E-state index contributed by atoms with van der Waals surface area (Å²) in [5.41, 5.74) is 2.30. The maximum Gasteiger partial charge on any atom is 0.0637 e. The van der Waals surface area contributed by atoms with Gasteiger partial charge in [0.25, 0.3) is 0 Å². The van der Waals surface area contributed by atoms with Crippen molar-refractivity contribution in [3.63, 3.8) is 0 Å². The maximum atomic E-state index is 6.09. The number of halogens is 1. The van der Waals surface area contributed by atoms with Crippen LogP contribution in [0.5, 0.6) is 0 Å². The van der Waals surface area contributed by atoms with Crippen LogP contribution in [-0.4, -0.2) is 12.0 Å². The lowest BCUT2D eigenvalue weighted by molar-refractivity contribution is 0.548. The molecule has 0 saturated heterocycles. The number of allylic oxidation sites excluding steroid dienone is 1. The third-order valence-corrected chi connectivity index (χ3v) is 2.70. The van der Waals surface area contributed by atoms with Gasteiger partial charge in [0, 0.05) is 18.4 Å². The minimum absolute atomic E-state index is 0.275. The van der Waals surface area contributed by atoms with Gasteiger partial charge in [0.2, 0.25) is 0 Å². The van der Waals surface area contributed by atoms with Gasteiger partial charge in [-0.25, -0.2) is 0 Å². The second kappa shape index (κ2) is 5.89. The molecule has 0 fully saturated rings. The molecule has 1 N–H and O–H groups in total. The molecule has 3 heteroatoms. The molecule has 0 bridgehead atoms. The Hall–Kier alpha value is -0.860. The second-order valence-corrected chi connectivity index (χ2v) is 4.14. The Bertz CT molecular complexity index is 336. The molecule has 0 spiro atoms. The van der Waals surface area contributed by atoms with Crippen LogP contribution in [0, 0.1) is 0 Å². The van der Waals surface area contributed by atoms with E-state index in [4.69, 9.17) is 11.6 Å². The summed E-state index contributed by atoms with van der Waals surface area (Å²) >= 11 is 6.09. The lowest BCUT2D eigenvalue weighted by Crippen LogP contribution is -2.16. The summed E-state index contributed by atoms with van der Waals surface area (Å²) < 4.78 is 0. The van der Waals surface area contributed by atoms with Crippen molar-refractivity contribution in [3.05, 3.63) is 41.2 Å². The Labute approximate surface area is 96.4 Å². The van der Waals surface area contributed by atoms with Crippen molar-refractivity contribution in [3.8, 4) is 0 Å². The van der Waals surface area contributed by atoms with E-state index in [9.17, 15) is 0 Å². The van der Waals surface area contributed by atoms with Gasteiger partial charge in [0.15, 0.2) is 0 Å². The van der Waals surface area contributed by atoms with Crippen molar-refractivity contribution in [2.24, 2.45) is 0 Å². The Morgan fingerprint density at radius 2 is 2.40 bits per heavy atom. The van der Waals surface area contributed by atoms with Crippen LogP contribution in [0.15, 0.2) is 30.6 Å². The van der Waals surface area contributed by atoms with E-state index in [-0.39, 0.29) is 6.04 Å². The fraction of sp³-hybridized carbons (Fsp3) is 0.417. The van der Waals surface area contributed by atoms with E-state index < -0.39 is 0 Å². The number of nitrogens with one attached hydrogen (secondary N) is 1. The highest BCUT2D eigenvalue weighted by atomic mass is 35.5. The molecule has 0 aliphatic rings. The number of aromatic nitrogens is 1. The minimum Gasteiger partial charge on any atom is -0.313 e. The topological polar surface area (TPSA) is 24.9 Å². The molecule has 1 unspecified atom stereocenters. The number of pyridine rings is 1. The minimum atomic E-state index is 0.275. The Kier molecular flexibility index (Phi) is 4.79. The van der Waals surface area contributed by atoms with Crippen molar-refractivity contribution in [1.82, 2.24) is 10.3 Å². The highest BCUT2D eigenvalue weighted by Gasteiger charge is 2.11. The molecular formula is C12H17ClN2. The fourth-order valence-electron chi connectivity index (χ4n) is 1.51. The summed E-state index contributed by atoms with van der Waals surface area (Å²) in [7, 11) is 1.94. The van der Waals surface area contributed by atoms with Gasteiger partial charge in [-0.2, -0.15) is 0 Å². The average Bonchev–Trinajstić information content (AvgIpc) is 2.21. The van der Waals surface area contributed by atoms with E-state index in [1.165, 1.54) is 5.57 Å². The zero-order chi connectivity index (χ0) is 11.3. The second-order valence-electron chi connectivity index (χ2n) is 3.73. The van der Waals surface area contributed by atoms with Crippen LogP contribution in [0.2, 0.25) is 5.02 Å². The van der Waals surface area contributed by atoms with Gasteiger partial charge >= 0.3 is 0 Å². The zero-order valence-electron chi connectivity index (χ0n) is 9.26. The van der Waals surface area contributed by atoms with Crippen LogP contribution in [0.25, 0.3) is 0 Å². The normalized spacial score (nSPS) is 12.5. The van der Waals surface area contributed by atoms with Crippen LogP contribution >= 0.6 is 11.6 Å². The highest BCUT2D eigenvalue weighted by Crippen LogP contribution is 2.25. The molecule has 15 heavy (non-hydrogen) atoms. The van der Waals surface area contributed by atoms with Crippen molar-refractivity contribution in [2.45, 2.75) is 25.8 Å². The van der Waals surface area contributed by atoms with Crippen LogP contribution in [0.1, 0.15) is 31.4 Å². The standard InChI is InChI=1S/C12H17ClN2/c1-9(2)4-5-12(14-3)10-6-7-15-8-11(10)13/h6-8,12,14H,1,4-5H2,2-3H3. The first-order valence-corrected chi connectivity index (χ1v) is 5.44. The first-order valence-electron chi connectivity index (χ1n) is 5.06. The smallest absolute Gasteiger partial charge is 0.0637 e. The summed E-state index contributed by atoms with van der Waals surface area (Å²) in [6.45, 7) is 5.95. The lowest BCUT2D eigenvalue weighted by Gasteiger charge is -2.17. The molecule has 1 atom stereocenters. The molecule has 2 nitrogen and oxygen atoms in total. The molecule has 0 aromatic carbocycles. The zero-order valence-corrected chi connectivity index (χ0v) is 10.0. The van der Waals surface area contributed by atoms with Crippen molar-refractivity contribution in [2.75, 3.05) is 7.05 Å². The number of hydrogen-bond donors (Lipinski definition) is 1. The molecule has 0 radical (unpaired) electrons. The summed E-state index contributed by atoms with van der Waals surface area (Å²) in [5.74, 6) is 0. The summed E-state index contributed by atoms with van der Waals surface area (Å²) in [6.07, 6.45) is 5.47. The summed E-state index contributed by atoms with van der Waals surface area (Å²) in [5, 5.41) is 3.98. The van der Waals surface area contributed by atoms with Gasteiger partial charge < -0.3 is 5.32 Å². The number of rotatable bonds is 5. The average molecular weight is 225 g/mol. The van der Waals surface area contributed by atoms with Gasteiger partial charge in [0.05, 0.1) is 5.02 Å². The molecule has 1 rings (SSSR count). The van der Waals surface area contributed by atoms with Crippen molar-refractivity contribution in [1.29, 1.82) is 0 Å².